The van der Waals surface area contributed by atoms with Gasteiger partial charge in [0.2, 0.25) is 11.7 Å². The molecule has 0 aliphatic carbocycles. The predicted octanol–water partition coefficient (Wildman–Crippen LogP) is 4.86. The molecule has 5 aromatic rings. The highest BCUT2D eigenvalue weighted by atomic mass is 32.2. The monoisotopic (exact) mass is 462 g/mol. The summed E-state index contributed by atoms with van der Waals surface area (Å²) in [4.78, 5) is 23.5. The van der Waals surface area contributed by atoms with Crippen molar-refractivity contribution in [3.63, 3.8) is 0 Å². The summed E-state index contributed by atoms with van der Waals surface area (Å²) < 4.78 is 12.6. The van der Waals surface area contributed by atoms with E-state index in [4.69, 9.17) is 14.2 Å². The maximum atomic E-state index is 13.3. The lowest BCUT2D eigenvalue weighted by Gasteiger charge is -2.14. The van der Waals surface area contributed by atoms with Crippen molar-refractivity contribution in [2.45, 2.75) is 17.5 Å². The van der Waals surface area contributed by atoms with Gasteiger partial charge < -0.3 is 9.26 Å². The summed E-state index contributed by atoms with van der Waals surface area (Å²) in [5.41, 5.74) is 1.45. The molecule has 3 aromatic heterocycles. The topological polar surface area (TPSA) is 83.0 Å². The Kier molecular flexibility index (Phi) is 5.74. The van der Waals surface area contributed by atoms with Crippen LogP contribution in [0.15, 0.2) is 80.5 Å². The van der Waals surface area contributed by atoms with Crippen LogP contribution in [0.5, 0.6) is 5.75 Å². The van der Waals surface area contributed by atoms with Gasteiger partial charge in [-0.15, -0.1) is 11.3 Å². The molecule has 0 aliphatic heterocycles. The lowest BCUT2D eigenvalue weighted by molar-refractivity contribution is 0.391. The Bertz CT molecular complexity index is 1430. The van der Waals surface area contributed by atoms with Crippen molar-refractivity contribution in [2.75, 3.05) is 7.11 Å². The van der Waals surface area contributed by atoms with Crippen LogP contribution in [-0.4, -0.2) is 26.8 Å². The summed E-state index contributed by atoms with van der Waals surface area (Å²) in [6.07, 6.45) is 0. The number of fused-ring (bicyclic) bond motifs is 1. The Morgan fingerprint density at radius 2 is 1.91 bits per heavy atom. The lowest BCUT2D eigenvalue weighted by Crippen LogP contribution is -2.24. The molecular formula is C23H18N4O3S2. The van der Waals surface area contributed by atoms with E-state index in [1.165, 1.54) is 11.8 Å². The number of para-hydroxylation sites is 2. The van der Waals surface area contributed by atoms with Crippen molar-refractivity contribution >= 4 is 34.0 Å². The van der Waals surface area contributed by atoms with Gasteiger partial charge in [-0.2, -0.15) is 4.98 Å². The van der Waals surface area contributed by atoms with E-state index < -0.39 is 0 Å². The minimum Gasteiger partial charge on any atom is -0.496 e. The Labute approximate surface area is 191 Å². The second kappa shape index (κ2) is 8.97. The molecule has 0 N–H and O–H groups in total. The number of methoxy groups -OCH3 is 1. The molecule has 0 amide bonds. The number of hydrogen-bond acceptors (Lipinski definition) is 8. The minimum atomic E-state index is -0.103. The molecule has 0 unspecified atom stereocenters. The molecule has 5 rings (SSSR count). The first-order valence-corrected chi connectivity index (χ1v) is 11.7. The number of thiophene rings is 1. The van der Waals surface area contributed by atoms with Crippen LogP contribution in [0.2, 0.25) is 0 Å². The van der Waals surface area contributed by atoms with E-state index >= 15 is 0 Å². The standard InChI is InChI=1S/C23H18N4O3S2/c1-29-18-10-5-2-7-15(18)13-27-22(28)16-8-3-4-9-17(16)24-23(27)32-14-20-25-21(26-30-20)19-11-6-12-31-19/h2-12H,13-14H2,1H3. The van der Waals surface area contributed by atoms with Crippen molar-refractivity contribution in [3.05, 3.63) is 87.9 Å². The van der Waals surface area contributed by atoms with Crippen LogP contribution in [0.25, 0.3) is 21.6 Å². The minimum absolute atomic E-state index is 0.103. The summed E-state index contributed by atoms with van der Waals surface area (Å²) >= 11 is 2.94. The fraction of sp³-hybridized carbons (Fsp3) is 0.130. The van der Waals surface area contributed by atoms with Gasteiger partial charge in [-0.05, 0) is 29.6 Å². The molecule has 9 heteroatoms. The molecule has 0 saturated carbocycles. The summed E-state index contributed by atoms with van der Waals surface area (Å²) in [5, 5.41) is 7.18. The van der Waals surface area contributed by atoms with Crippen LogP contribution >= 0.6 is 23.1 Å². The van der Waals surface area contributed by atoms with E-state index in [1.807, 2.05) is 60.0 Å². The van der Waals surface area contributed by atoms with Crippen LogP contribution in [0.3, 0.4) is 0 Å². The fourth-order valence-electron chi connectivity index (χ4n) is 3.35. The summed E-state index contributed by atoms with van der Waals surface area (Å²) in [5.74, 6) is 2.16. The second-order valence-corrected chi connectivity index (χ2v) is 8.78. The molecule has 2 aromatic carbocycles. The van der Waals surface area contributed by atoms with Gasteiger partial charge in [0.15, 0.2) is 5.16 Å². The van der Waals surface area contributed by atoms with E-state index in [2.05, 4.69) is 10.1 Å². The van der Waals surface area contributed by atoms with Gasteiger partial charge in [-0.1, -0.05) is 53.3 Å². The molecule has 0 bridgehead atoms. The summed E-state index contributed by atoms with van der Waals surface area (Å²) in [6, 6.07) is 18.9. The molecule has 0 fully saturated rings. The van der Waals surface area contributed by atoms with Gasteiger partial charge >= 0.3 is 0 Å². The average Bonchev–Trinajstić information content (AvgIpc) is 3.52. The molecule has 160 valence electrons. The molecular weight excluding hydrogens is 444 g/mol. The van der Waals surface area contributed by atoms with Crippen LogP contribution in [0, 0.1) is 0 Å². The van der Waals surface area contributed by atoms with Gasteiger partial charge in [0, 0.05) is 5.56 Å². The normalized spacial score (nSPS) is 11.2. The third kappa shape index (κ3) is 4.04. The third-order valence-electron chi connectivity index (χ3n) is 4.88. The lowest BCUT2D eigenvalue weighted by atomic mass is 10.2. The van der Waals surface area contributed by atoms with Gasteiger partial charge in [0.1, 0.15) is 5.75 Å². The van der Waals surface area contributed by atoms with E-state index in [0.717, 1.165) is 16.2 Å². The maximum Gasteiger partial charge on any atom is 0.262 e. The smallest absolute Gasteiger partial charge is 0.262 e. The number of thioether (sulfide) groups is 1. The zero-order chi connectivity index (χ0) is 21.9. The molecule has 0 aliphatic rings. The fourth-order valence-corrected chi connectivity index (χ4v) is 4.83. The molecule has 3 heterocycles. The van der Waals surface area contributed by atoms with E-state index in [1.54, 1.807) is 29.1 Å². The van der Waals surface area contributed by atoms with Gasteiger partial charge in [-0.25, -0.2) is 4.98 Å². The maximum absolute atomic E-state index is 13.3. The van der Waals surface area contributed by atoms with Crippen LogP contribution in [0.4, 0.5) is 0 Å². The first-order chi connectivity index (χ1) is 15.7. The molecule has 0 spiro atoms. The number of ether oxygens (including phenoxy) is 1. The molecule has 0 radical (unpaired) electrons. The van der Waals surface area contributed by atoms with Crippen LogP contribution < -0.4 is 10.3 Å². The first kappa shape index (κ1) is 20.5. The molecule has 32 heavy (non-hydrogen) atoms. The predicted molar refractivity (Wildman–Crippen MR) is 125 cm³/mol. The van der Waals surface area contributed by atoms with Crippen molar-refractivity contribution in [2.24, 2.45) is 0 Å². The Hall–Kier alpha value is -3.43. The Balaban J connectivity index is 1.50. The van der Waals surface area contributed by atoms with Crippen LogP contribution in [-0.2, 0) is 12.3 Å². The molecule has 7 nitrogen and oxygen atoms in total. The van der Waals surface area contributed by atoms with Crippen molar-refractivity contribution < 1.29 is 9.26 Å². The Morgan fingerprint density at radius 3 is 2.75 bits per heavy atom. The van der Waals surface area contributed by atoms with Gasteiger partial charge in [-0.3, -0.25) is 9.36 Å². The highest BCUT2D eigenvalue weighted by Gasteiger charge is 2.16. The number of hydrogen-bond donors (Lipinski definition) is 0. The van der Waals surface area contributed by atoms with E-state index in [9.17, 15) is 4.79 Å². The quantitative estimate of drug-likeness (QED) is 0.252. The van der Waals surface area contributed by atoms with E-state index in [0.29, 0.717) is 40.1 Å². The van der Waals surface area contributed by atoms with Crippen molar-refractivity contribution in [1.82, 2.24) is 19.7 Å². The largest absolute Gasteiger partial charge is 0.496 e. The number of aromatic nitrogens is 4. The van der Waals surface area contributed by atoms with Gasteiger partial charge in [0.05, 0.1) is 35.2 Å². The number of benzene rings is 2. The zero-order valence-corrected chi connectivity index (χ0v) is 18.7. The van der Waals surface area contributed by atoms with E-state index in [-0.39, 0.29) is 5.56 Å². The number of rotatable bonds is 7. The zero-order valence-electron chi connectivity index (χ0n) is 17.1. The molecule has 0 saturated heterocycles. The van der Waals surface area contributed by atoms with Crippen molar-refractivity contribution in [3.8, 4) is 16.5 Å². The second-order valence-electron chi connectivity index (χ2n) is 6.89. The SMILES string of the molecule is COc1ccccc1Cn1c(SCc2nc(-c3cccs3)no2)nc2ccccc2c1=O. The Morgan fingerprint density at radius 1 is 1.06 bits per heavy atom. The summed E-state index contributed by atoms with van der Waals surface area (Å²) in [7, 11) is 1.62. The third-order valence-corrected chi connectivity index (χ3v) is 6.71. The summed E-state index contributed by atoms with van der Waals surface area (Å²) in [6.45, 7) is 0.341. The molecule has 0 atom stereocenters. The van der Waals surface area contributed by atoms with Crippen molar-refractivity contribution in [1.29, 1.82) is 0 Å². The highest BCUT2D eigenvalue weighted by Crippen LogP contribution is 2.26. The highest BCUT2D eigenvalue weighted by molar-refractivity contribution is 7.98. The van der Waals surface area contributed by atoms with Crippen LogP contribution in [0.1, 0.15) is 11.5 Å². The average molecular weight is 463 g/mol. The van der Waals surface area contributed by atoms with Gasteiger partial charge in [0.25, 0.3) is 5.56 Å². The number of nitrogens with zero attached hydrogens (tertiary/aromatic N) is 4. The first-order valence-electron chi connectivity index (χ1n) is 9.83.